The highest BCUT2D eigenvalue weighted by Crippen LogP contribution is 2.18. The van der Waals surface area contributed by atoms with Gasteiger partial charge in [0, 0.05) is 0 Å². The summed E-state index contributed by atoms with van der Waals surface area (Å²) < 4.78 is 9.42. The molecule has 1 atom stereocenters. The Bertz CT molecular complexity index is 206. The summed E-state index contributed by atoms with van der Waals surface area (Å²) in [6.45, 7) is 4.13. The minimum atomic E-state index is -0.314. The standard InChI is InChI=1S/C10H18O4S/c1-4-6-8(10(12)14-5-2)15-7-9(11)13-3/h8H,4-7H2,1-3H3. The van der Waals surface area contributed by atoms with Crippen LogP contribution in [0.4, 0.5) is 0 Å². The summed E-state index contributed by atoms with van der Waals surface area (Å²) >= 11 is 1.28. The second-order valence-corrected chi connectivity index (χ2v) is 4.11. The molecule has 0 bridgehead atoms. The van der Waals surface area contributed by atoms with Gasteiger partial charge in [0.25, 0.3) is 0 Å². The van der Waals surface area contributed by atoms with Crippen LogP contribution in [-0.4, -0.2) is 36.7 Å². The fourth-order valence-electron chi connectivity index (χ4n) is 0.994. The van der Waals surface area contributed by atoms with Crippen molar-refractivity contribution in [1.29, 1.82) is 0 Å². The molecule has 0 radical (unpaired) electrons. The van der Waals surface area contributed by atoms with Crippen molar-refractivity contribution >= 4 is 23.7 Å². The first-order valence-corrected chi connectivity index (χ1v) is 6.05. The minimum absolute atomic E-state index is 0.194. The molecule has 88 valence electrons. The van der Waals surface area contributed by atoms with Crippen LogP contribution in [0.3, 0.4) is 0 Å². The molecule has 5 heteroatoms. The highest BCUT2D eigenvalue weighted by molar-refractivity contribution is 8.01. The fourth-order valence-corrected chi connectivity index (χ4v) is 2.06. The van der Waals surface area contributed by atoms with Gasteiger partial charge in [0.1, 0.15) is 5.25 Å². The summed E-state index contributed by atoms with van der Waals surface area (Å²) in [5.74, 6) is -0.362. The van der Waals surface area contributed by atoms with Crippen LogP contribution in [0.15, 0.2) is 0 Å². The van der Waals surface area contributed by atoms with E-state index in [9.17, 15) is 9.59 Å². The molecule has 0 N–H and O–H groups in total. The highest BCUT2D eigenvalue weighted by Gasteiger charge is 2.20. The van der Waals surface area contributed by atoms with E-state index in [2.05, 4.69) is 4.74 Å². The molecule has 15 heavy (non-hydrogen) atoms. The Hall–Kier alpha value is -0.710. The molecule has 0 aliphatic heterocycles. The predicted octanol–water partition coefficient (Wildman–Crippen LogP) is 1.62. The Kier molecular flexibility index (Phi) is 8.18. The zero-order valence-electron chi connectivity index (χ0n) is 9.45. The summed E-state index contributed by atoms with van der Waals surface area (Å²) in [7, 11) is 1.34. The zero-order valence-corrected chi connectivity index (χ0v) is 10.3. The van der Waals surface area contributed by atoms with Gasteiger partial charge in [-0.1, -0.05) is 13.3 Å². The van der Waals surface area contributed by atoms with Crippen LogP contribution >= 0.6 is 11.8 Å². The molecule has 0 heterocycles. The van der Waals surface area contributed by atoms with Crippen LogP contribution < -0.4 is 0 Å². The normalized spacial score (nSPS) is 11.9. The third-order valence-corrected chi connectivity index (χ3v) is 2.96. The third-order valence-electron chi connectivity index (χ3n) is 1.73. The van der Waals surface area contributed by atoms with Gasteiger partial charge >= 0.3 is 11.9 Å². The van der Waals surface area contributed by atoms with Crippen LogP contribution in [0.2, 0.25) is 0 Å². The predicted molar refractivity (Wildman–Crippen MR) is 59.8 cm³/mol. The van der Waals surface area contributed by atoms with Crippen molar-refractivity contribution in [3.63, 3.8) is 0 Å². The number of ether oxygens (including phenoxy) is 2. The van der Waals surface area contributed by atoms with Gasteiger partial charge in [0.2, 0.25) is 0 Å². The summed E-state index contributed by atoms with van der Waals surface area (Å²) in [6, 6.07) is 0. The molecule has 0 saturated heterocycles. The van der Waals surface area contributed by atoms with E-state index in [0.717, 1.165) is 12.8 Å². The molecule has 1 unspecified atom stereocenters. The van der Waals surface area contributed by atoms with Gasteiger partial charge in [-0.3, -0.25) is 9.59 Å². The number of thioether (sulfide) groups is 1. The van der Waals surface area contributed by atoms with Crippen LogP contribution in [-0.2, 0) is 19.1 Å². The molecule has 0 spiro atoms. The second-order valence-electron chi connectivity index (χ2n) is 2.92. The number of methoxy groups -OCH3 is 1. The zero-order chi connectivity index (χ0) is 11.7. The molecular weight excluding hydrogens is 216 g/mol. The van der Waals surface area contributed by atoms with Crippen molar-refractivity contribution in [2.45, 2.75) is 31.9 Å². The molecule has 0 fully saturated rings. The molecule has 0 aliphatic rings. The van der Waals surface area contributed by atoms with Crippen molar-refractivity contribution in [2.75, 3.05) is 19.5 Å². The van der Waals surface area contributed by atoms with E-state index in [1.807, 2.05) is 6.92 Å². The highest BCUT2D eigenvalue weighted by atomic mass is 32.2. The maximum Gasteiger partial charge on any atom is 0.319 e. The largest absolute Gasteiger partial charge is 0.468 e. The summed E-state index contributed by atoms with van der Waals surface area (Å²) in [4.78, 5) is 22.3. The SMILES string of the molecule is CCCC(SCC(=O)OC)C(=O)OCC. The lowest BCUT2D eigenvalue weighted by Gasteiger charge is -2.13. The van der Waals surface area contributed by atoms with Gasteiger partial charge in [-0.25, -0.2) is 0 Å². The average Bonchev–Trinajstić information content (AvgIpc) is 2.23. The van der Waals surface area contributed by atoms with Gasteiger partial charge in [0.05, 0.1) is 19.5 Å². The van der Waals surface area contributed by atoms with Gasteiger partial charge in [-0.2, -0.15) is 0 Å². The number of carbonyl (C=O) groups excluding carboxylic acids is 2. The Morgan fingerprint density at radius 2 is 2.00 bits per heavy atom. The van der Waals surface area contributed by atoms with Crippen molar-refractivity contribution in [3.05, 3.63) is 0 Å². The summed E-state index contributed by atoms with van der Waals surface area (Å²) in [5, 5.41) is -0.256. The number of carbonyl (C=O) groups is 2. The van der Waals surface area contributed by atoms with Crippen molar-refractivity contribution in [3.8, 4) is 0 Å². The van der Waals surface area contributed by atoms with E-state index in [1.165, 1.54) is 18.9 Å². The lowest BCUT2D eigenvalue weighted by Crippen LogP contribution is -2.22. The number of rotatable bonds is 7. The van der Waals surface area contributed by atoms with Gasteiger partial charge < -0.3 is 9.47 Å². The molecule has 0 saturated carbocycles. The molecule has 0 aromatic carbocycles. The minimum Gasteiger partial charge on any atom is -0.468 e. The fraction of sp³-hybridized carbons (Fsp3) is 0.800. The Labute approximate surface area is 94.7 Å². The first kappa shape index (κ1) is 14.3. The number of hydrogen-bond donors (Lipinski definition) is 0. The Morgan fingerprint density at radius 3 is 2.47 bits per heavy atom. The average molecular weight is 234 g/mol. The quantitative estimate of drug-likeness (QED) is 0.627. The van der Waals surface area contributed by atoms with Gasteiger partial charge in [-0.15, -0.1) is 11.8 Å². The Balaban J connectivity index is 4.02. The maximum absolute atomic E-state index is 11.4. The first-order chi connectivity index (χ1) is 7.15. The van der Waals surface area contributed by atoms with Crippen LogP contribution in [0, 0.1) is 0 Å². The van der Waals surface area contributed by atoms with E-state index in [-0.39, 0.29) is 22.9 Å². The van der Waals surface area contributed by atoms with Crippen molar-refractivity contribution in [2.24, 2.45) is 0 Å². The molecule has 0 rings (SSSR count). The summed E-state index contributed by atoms with van der Waals surface area (Å²) in [6.07, 6.45) is 1.61. The van der Waals surface area contributed by atoms with E-state index < -0.39 is 0 Å². The monoisotopic (exact) mass is 234 g/mol. The summed E-state index contributed by atoms with van der Waals surface area (Å²) in [5.41, 5.74) is 0. The Morgan fingerprint density at radius 1 is 1.33 bits per heavy atom. The first-order valence-electron chi connectivity index (χ1n) is 5.00. The molecular formula is C10H18O4S. The smallest absolute Gasteiger partial charge is 0.319 e. The lowest BCUT2D eigenvalue weighted by atomic mass is 10.2. The third kappa shape index (κ3) is 6.38. The van der Waals surface area contributed by atoms with Crippen LogP contribution in [0.25, 0.3) is 0 Å². The van der Waals surface area contributed by atoms with Crippen LogP contribution in [0.1, 0.15) is 26.7 Å². The van der Waals surface area contributed by atoms with Crippen molar-refractivity contribution in [1.82, 2.24) is 0 Å². The molecule has 4 nitrogen and oxygen atoms in total. The molecule has 0 aromatic rings. The van der Waals surface area contributed by atoms with Crippen LogP contribution in [0.5, 0.6) is 0 Å². The van der Waals surface area contributed by atoms with Gasteiger partial charge in [-0.05, 0) is 13.3 Å². The molecule has 0 aromatic heterocycles. The number of esters is 2. The van der Waals surface area contributed by atoms with Gasteiger partial charge in [0.15, 0.2) is 0 Å². The molecule has 0 amide bonds. The van der Waals surface area contributed by atoms with E-state index in [0.29, 0.717) is 6.61 Å². The second kappa shape index (κ2) is 8.59. The van der Waals surface area contributed by atoms with E-state index >= 15 is 0 Å². The van der Waals surface area contributed by atoms with E-state index in [1.54, 1.807) is 6.92 Å². The number of hydrogen-bond acceptors (Lipinski definition) is 5. The van der Waals surface area contributed by atoms with E-state index in [4.69, 9.17) is 4.74 Å². The topological polar surface area (TPSA) is 52.6 Å². The van der Waals surface area contributed by atoms with Crippen molar-refractivity contribution < 1.29 is 19.1 Å². The maximum atomic E-state index is 11.4. The molecule has 0 aliphatic carbocycles. The lowest BCUT2D eigenvalue weighted by molar-refractivity contribution is -0.142.